The predicted octanol–water partition coefficient (Wildman–Crippen LogP) is 3.69. The number of methoxy groups -OCH3 is 3. The van der Waals surface area contributed by atoms with Gasteiger partial charge in [-0.25, -0.2) is 4.98 Å². The van der Waals surface area contributed by atoms with Crippen LogP contribution in [0, 0.1) is 6.92 Å². The highest BCUT2D eigenvalue weighted by molar-refractivity contribution is 5.68. The summed E-state index contributed by atoms with van der Waals surface area (Å²) in [5, 5.41) is 6.40. The van der Waals surface area contributed by atoms with Gasteiger partial charge in [-0.15, -0.1) is 0 Å². The van der Waals surface area contributed by atoms with Crippen LogP contribution in [0.3, 0.4) is 0 Å². The number of aromatic nitrogens is 3. The van der Waals surface area contributed by atoms with Gasteiger partial charge in [-0.2, -0.15) is 4.98 Å². The number of hydrogen-bond acceptors (Lipinski definition) is 8. The van der Waals surface area contributed by atoms with Crippen LogP contribution in [0.25, 0.3) is 0 Å². The number of aryl methyl sites for hydroxylation is 1. The van der Waals surface area contributed by atoms with Gasteiger partial charge < -0.3 is 24.8 Å². The summed E-state index contributed by atoms with van der Waals surface area (Å²) in [6.45, 7) is 1.92. The molecule has 2 aromatic heterocycles. The van der Waals surface area contributed by atoms with Crippen molar-refractivity contribution in [2.45, 2.75) is 6.92 Å². The molecule has 0 unspecified atom stereocenters. The van der Waals surface area contributed by atoms with E-state index in [0.717, 1.165) is 16.9 Å². The average Bonchev–Trinajstić information content (AvgIpc) is 2.70. The molecule has 8 nitrogen and oxygen atoms in total. The van der Waals surface area contributed by atoms with Crippen molar-refractivity contribution >= 4 is 23.1 Å². The van der Waals surface area contributed by atoms with E-state index >= 15 is 0 Å². The van der Waals surface area contributed by atoms with E-state index in [-0.39, 0.29) is 0 Å². The molecule has 0 radical (unpaired) electrons. The van der Waals surface area contributed by atoms with Crippen molar-refractivity contribution in [2.24, 2.45) is 0 Å². The van der Waals surface area contributed by atoms with Gasteiger partial charge in [0.15, 0.2) is 11.5 Å². The summed E-state index contributed by atoms with van der Waals surface area (Å²) >= 11 is 0. The number of anilines is 4. The van der Waals surface area contributed by atoms with E-state index in [2.05, 4.69) is 25.6 Å². The highest BCUT2D eigenvalue weighted by Gasteiger charge is 2.14. The molecule has 0 atom stereocenters. The quantitative estimate of drug-likeness (QED) is 0.653. The fourth-order valence-electron chi connectivity index (χ4n) is 2.48. The predicted molar refractivity (Wildman–Crippen MR) is 104 cm³/mol. The van der Waals surface area contributed by atoms with Gasteiger partial charge in [0, 0.05) is 35.8 Å². The smallest absolute Gasteiger partial charge is 0.229 e. The minimum Gasteiger partial charge on any atom is -0.493 e. The van der Waals surface area contributed by atoms with Gasteiger partial charge in [0.1, 0.15) is 5.82 Å². The van der Waals surface area contributed by atoms with Crippen molar-refractivity contribution in [1.29, 1.82) is 0 Å². The maximum atomic E-state index is 5.39. The normalized spacial score (nSPS) is 10.2. The van der Waals surface area contributed by atoms with Crippen molar-refractivity contribution in [1.82, 2.24) is 15.0 Å². The second-order valence-corrected chi connectivity index (χ2v) is 5.63. The SMILES string of the molecule is COc1cc(Nc2nc(Nc3cccnc3)ncc2C)cc(OC)c1OC. The monoisotopic (exact) mass is 367 g/mol. The summed E-state index contributed by atoms with van der Waals surface area (Å²) in [5.41, 5.74) is 2.44. The Morgan fingerprint density at radius 3 is 2.22 bits per heavy atom. The number of rotatable bonds is 7. The van der Waals surface area contributed by atoms with Crippen LogP contribution in [0.1, 0.15) is 5.56 Å². The molecule has 1 aromatic carbocycles. The van der Waals surface area contributed by atoms with Gasteiger partial charge in [0.2, 0.25) is 11.7 Å². The summed E-state index contributed by atoms with van der Waals surface area (Å²) in [6, 6.07) is 7.36. The molecular weight excluding hydrogens is 346 g/mol. The van der Waals surface area contributed by atoms with E-state index in [1.165, 1.54) is 0 Å². The lowest BCUT2D eigenvalue weighted by Crippen LogP contribution is -2.03. The summed E-state index contributed by atoms with van der Waals surface area (Å²) in [7, 11) is 4.72. The number of ether oxygens (including phenoxy) is 3. The standard InChI is InChI=1S/C19H21N5O3/c1-12-10-21-19(23-13-6-5-7-20-11-13)24-18(12)22-14-8-15(25-2)17(27-4)16(9-14)26-3/h5-11H,1-4H3,(H2,21,22,23,24). The zero-order valence-electron chi connectivity index (χ0n) is 15.6. The van der Waals surface area contributed by atoms with Gasteiger partial charge in [0.05, 0.1) is 33.2 Å². The molecule has 2 N–H and O–H groups in total. The molecule has 0 spiro atoms. The summed E-state index contributed by atoms with van der Waals surface area (Å²) < 4.78 is 16.1. The molecule has 0 amide bonds. The summed E-state index contributed by atoms with van der Waals surface area (Å²) in [6.07, 6.45) is 5.15. The van der Waals surface area contributed by atoms with Gasteiger partial charge >= 0.3 is 0 Å². The van der Waals surface area contributed by atoms with Crippen LogP contribution in [0.5, 0.6) is 17.2 Å². The molecule has 0 bridgehead atoms. The molecule has 27 heavy (non-hydrogen) atoms. The number of benzene rings is 1. The Hall–Kier alpha value is -3.55. The van der Waals surface area contributed by atoms with Gasteiger partial charge in [-0.3, -0.25) is 4.98 Å². The first-order chi connectivity index (χ1) is 13.1. The first-order valence-electron chi connectivity index (χ1n) is 8.22. The molecule has 0 saturated carbocycles. The molecule has 0 aliphatic carbocycles. The maximum absolute atomic E-state index is 5.39. The van der Waals surface area contributed by atoms with E-state index in [4.69, 9.17) is 14.2 Å². The molecule has 0 saturated heterocycles. The van der Waals surface area contributed by atoms with Crippen LogP contribution < -0.4 is 24.8 Å². The first kappa shape index (κ1) is 18.2. The Kier molecular flexibility index (Phi) is 5.55. The van der Waals surface area contributed by atoms with Crippen molar-refractivity contribution in [3.8, 4) is 17.2 Å². The minimum absolute atomic E-state index is 0.462. The number of nitrogens with zero attached hydrogens (tertiary/aromatic N) is 3. The second-order valence-electron chi connectivity index (χ2n) is 5.63. The minimum atomic E-state index is 0.462. The van der Waals surface area contributed by atoms with Crippen LogP contribution in [-0.2, 0) is 0 Å². The Labute approximate surface area is 157 Å². The zero-order valence-corrected chi connectivity index (χ0v) is 15.6. The van der Waals surface area contributed by atoms with Crippen molar-refractivity contribution in [3.05, 3.63) is 48.4 Å². The molecule has 8 heteroatoms. The lowest BCUT2D eigenvalue weighted by molar-refractivity contribution is 0.324. The highest BCUT2D eigenvalue weighted by Crippen LogP contribution is 2.40. The zero-order chi connectivity index (χ0) is 19.2. The van der Waals surface area contributed by atoms with Gasteiger partial charge in [-0.05, 0) is 19.1 Å². The van der Waals surface area contributed by atoms with E-state index in [9.17, 15) is 0 Å². The van der Waals surface area contributed by atoms with Gasteiger partial charge in [-0.1, -0.05) is 0 Å². The number of pyridine rings is 1. The van der Waals surface area contributed by atoms with Crippen molar-refractivity contribution in [3.63, 3.8) is 0 Å². The van der Waals surface area contributed by atoms with Crippen molar-refractivity contribution in [2.75, 3.05) is 32.0 Å². The third kappa shape index (κ3) is 4.17. The Morgan fingerprint density at radius 1 is 0.889 bits per heavy atom. The molecule has 2 heterocycles. The molecule has 3 aromatic rings. The van der Waals surface area contributed by atoms with Crippen LogP contribution >= 0.6 is 0 Å². The average molecular weight is 367 g/mol. The van der Waals surface area contributed by atoms with Crippen LogP contribution in [-0.4, -0.2) is 36.3 Å². The summed E-state index contributed by atoms with van der Waals surface area (Å²) in [5.74, 6) is 2.76. The fourth-order valence-corrected chi connectivity index (χ4v) is 2.48. The highest BCUT2D eigenvalue weighted by atomic mass is 16.5. The van der Waals surface area contributed by atoms with Crippen molar-refractivity contribution < 1.29 is 14.2 Å². The Bertz CT molecular complexity index is 893. The lowest BCUT2D eigenvalue weighted by atomic mass is 10.2. The third-order valence-corrected chi connectivity index (χ3v) is 3.82. The fraction of sp³-hybridized carbons (Fsp3) is 0.211. The lowest BCUT2D eigenvalue weighted by Gasteiger charge is -2.16. The Morgan fingerprint density at radius 2 is 1.63 bits per heavy atom. The van der Waals surface area contributed by atoms with E-state index < -0.39 is 0 Å². The van der Waals surface area contributed by atoms with Gasteiger partial charge in [0.25, 0.3) is 0 Å². The van der Waals surface area contributed by atoms with Crippen LogP contribution in [0.2, 0.25) is 0 Å². The van der Waals surface area contributed by atoms with E-state index in [1.54, 1.807) is 39.9 Å². The topological polar surface area (TPSA) is 90.4 Å². The second kappa shape index (κ2) is 8.22. The Balaban J connectivity index is 1.90. The molecule has 3 rings (SSSR count). The summed E-state index contributed by atoms with van der Waals surface area (Å²) in [4.78, 5) is 12.9. The molecule has 0 aliphatic heterocycles. The van der Waals surface area contributed by atoms with Crippen LogP contribution in [0.15, 0.2) is 42.9 Å². The molecular formula is C19H21N5O3. The molecule has 0 fully saturated rings. The molecule has 140 valence electrons. The van der Waals surface area contributed by atoms with E-state index in [1.807, 2.05) is 31.2 Å². The number of hydrogen-bond donors (Lipinski definition) is 2. The third-order valence-electron chi connectivity index (χ3n) is 3.82. The number of nitrogens with one attached hydrogen (secondary N) is 2. The van der Waals surface area contributed by atoms with Crippen LogP contribution in [0.4, 0.5) is 23.1 Å². The molecule has 0 aliphatic rings. The first-order valence-corrected chi connectivity index (χ1v) is 8.22. The largest absolute Gasteiger partial charge is 0.493 e. The maximum Gasteiger partial charge on any atom is 0.229 e. The van der Waals surface area contributed by atoms with E-state index in [0.29, 0.717) is 29.0 Å².